The first-order valence-corrected chi connectivity index (χ1v) is 7.95. The van der Waals surface area contributed by atoms with E-state index in [4.69, 9.17) is 5.73 Å². The van der Waals surface area contributed by atoms with Crippen LogP contribution >= 0.6 is 0 Å². The van der Waals surface area contributed by atoms with Crippen molar-refractivity contribution in [2.75, 3.05) is 6.54 Å². The van der Waals surface area contributed by atoms with Crippen molar-refractivity contribution in [1.29, 1.82) is 0 Å². The molecule has 0 radical (unpaired) electrons. The van der Waals surface area contributed by atoms with Gasteiger partial charge in [0.2, 0.25) is 5.91 Å². The van der Waals surface area contributed by atoms with Gasteiger partial charge in [0.1, 0.15) is 5.75 Å². The Labute approximate surface area is 139 Å². The zero-order valence-corrected chi connectivity index (χ0v) is 13.9. The molecule has 2 N–H and O–H groups in total. The summed E-state index contributed by atoms with van der Waals surface area (Å²) in [7, 11) is 0. The first kappa shape index (κ1) is 18.2. The van der Waals surface area contributed by atoms with Crippen LogP contribution < -0.4 is 10.5 Å². The van der Waals surface area contributed by atoms with Gasteiger partial charge in [-0.1, -0.05) is 0 Å². The van der Waals surface area contributed by atoms with Crippen LogP contribution in [-0.4, -0.2) is 35.9 Å². The van der Waals surface area contributed by atoms with E-state index in [1.165, 1.54) is 0 Å². The van der Waals surface area contributed by atoms with Gasteiger partial charge in [-0.3, -0.25) is 9.59 Å². The Balaban J connectivity index is 2.26. The molecule has 7 heteroatoms. The third-order valence-electron chi connectivity index (χ3n) is 4.24. The molecule has 1 aliphatic heterocycles. The number of hydrogen-bond acceptors (Lipinski definition) is 3. The summed E-state index contributed by atoms with van der Waals surface area (Å²) in [5.41, 5.74) is 6.63. The monoisotopic (exact) mass is 340 g/mol. The minimum Gasteiger partial charge on any atom is -0.434 e. The van der Waals surface area contributed by atoms with E-state index in [1.807, 2.05) is 0 Å². The Bertz CT molecular complexity index is 611. The van der Waals surface area contributed by atoms with Gasteiger partial charge in [-0.15, -0.1) is 0 Å². The fraction of sp³-hybridized carbons (Fsp3) is 0.529. The first-order chi connectivity index (χ1) is 11.3. The number of alkyl halides is 2. The number of hydrogen-bond donors (Lipinski definition) is 1. The highest BCUT2D eigenvalue weighted by Gasteiger charge is 2.29. The normalized spacial score (nSPS) is 17.9. The van der Waals surface area contributed by atoms with Gasteiger partial charge in [0.15, 0.2) is 0 Å². The molecule has 0 saturated carbocycles. The highest BCUT2D eigenvalue weighted by Crippen LogP contribution is 2.28. The summed E-state index contributed by atoms with van der Waals surface area (Å²) in [4.78, 5) is 25.7. The zero-order valence-electron chi connectivity index (χ0n) is 13.9. The maximum absolute atomic E-state index is 12.8. The smallest absolute Gasteiger partial charge is 0.387 e. The number of rotatable bonds is 5. The zero-order chi connectivity index (χ0) is 17.9. The number of benzene rings is 1. The van der Waals surface area contributed by atoms with Crippen LogP contribution in [0.15, 0.2) is 12.1 Å². The van der Waals surface area contributed by atoms with Crippen LogP contribution in [0.2, 0.25) is 0 Å². The molecule has 5 nitrogen and oxygen atoms in total. The number of halogens is 2. The first-order valence-electron chi connectivity index (χ1n) is 7.95. The number of likely N-dealkylation sites (tertiary alicyclic amines) is 1. The van der Waals surface area contributed by atoms with Gasteiger partial charge in [0.25, 0.3) is 5.91 Å². The Hall–Kier alpha value is -2.18. The summed E-state index contributed by atoms with van der Waals surface area (Å²) in [6, 6.07) is 2.88. The summed E-state index contributed by atoms with van der Waals surface area (Å²) in [6.07, 6.45) is 2.68. The van der Waals surface area contributed by atoms with Crippen molar-refractivity contribution >= 4 is 11.8 Å². The fourth-order valence-corrected chi connectivity index (χ4v) is 3.23. The van der Waals surface area contributed by atoms with E-state index in [1.54, 1.807) is 30.9 Å². The highest BCUT2D eigenvalue weighted by molar-refractivity contribution is 5.95. The molecular weight excluding hydrogens is 318 g/mol. The van der Waals surface area contributed by atoms with Crippen LogP contribution in [-0.2, 0) is 4.79 Å². The summed E-state index contributed by atoms with van der Waals surface area (Å²) in [6.45, 7) is 0.896. The van der Waals surface area contributed by atoms with Gasteiger partial charge in [0.05, 0.1) is 0 Å². The third-order valence-corrected chi connectivity index (χ3v) is 4.24. The third kappa shape index (κ3) is 4.21. The molecule has 1 atom stereocenters. The molecule has 1 aromatic carbocycles. The Morgan fingerprint density at radius 1 is 1.29 bits per heavy atom. The molecule has 2 rings (SSSR count). The number of aryl methyl sites for hydroxylation is 2. The van der Waals surface area contributed by atoms with Crippen LogP contribution in [0.1, 0.15) is 47.2 Å². The van der Waals surface area contributed by atoms with E-state index in [2.05, 4.69) is 4.74 Å². The molecule has 0 aromatic heterocycles. The predicted molar refractivity (Wildman–Crippen MR) is 85.0 cm³/mol. The number of ether oxygens (including phenoxy) is 1. The Morgan fingerprint density at radius 2 is 1.92 bits per heavy atom. The van der Waals surface area contributed by atoms with Gasteiger partial charge in [-0.05, 0) is 56.4 Å². The molecule has 1 aromatic rings. The maximum Gasteiger partial charge on any atom is 0.387 e. The van der Waals surface area contributed by atoms with E-state index in [9.17, 15) is 18.4 Å². The molecule has 24 heavy (non-hydrogen) atoms. The number of nitrogens with zero attached hydrogens (tertiary/aromatic N) is 1. The molecule has 0 aliphatic carbocycles. The van der Waals surface area contributed by atoms with Crippen LogP contribution in [0.5, 0.6) is 5.75 Å². The van der Waals surface area contributed by atoms with Gasteiger partial charge < -0.3 is 15.4 Å². The lowest BCUT2D eigenvalue weighted by atomic mass is 9.97. The van der Waals surface area contributed by atoms with Gasteiger partial charge in [-0.25, -0.2) is 0 Å². The maximum atomic E-state index is 12.8. The second-order valence-electron chi connectivity index (χ2n) is 6.14. The van der Waals surface area contributed by atoms with Crippen LogP contribution in [0.3, 0.4) is 0 Å². The number of carbonyl (C=O) groups is 2. The highest BCUT2D eigenvalue weighted by atomic mass is 19.3. The Kier molecular flexibility index (Phi) is 5.75. The van der Waals surface area contributed by atoms with Crippen molar-refractivity contribution in [3.05, 3.63) is 28.8 Å². The van der Waals surface area contributed by atoms with E-state index in [0.29, 0.717) is 23.2 Å². The van der Waals surface area contributed by atoms with Crippen molar-refractivity contribution in [2.45, 2.75) is 52.2 Å². The van der Waals surface area contributed by atoms with Crippen molar-refractivity contribution in [3.8, 4) is 5.75 Å². The number of nitrogens with two attached hydrogens (primary N) is 1. The standard InChI is InChI=1S/C17H22F2N2O3/c1-10-7-12(8-11(2)15(10)24-17(18)19)16(23)21-6-4-3-5-13(21)9-14(20)22/h7-8,13,17H,3-6,9H2,1-2H3,(H2,20,22)/t13-/m1/s1. The molecule has 1 aliphatic rings. The summed E-state index contributed by atoms with van der Waals surface area (Å²) in [5, 5.41) is 0. The van der Waals surface area contributed by atoms with Crippen LogP contribution in [0.25, 0.3) is 0 Å². The Morgan fingerprint density at radius 3 is 2.46 bits per heavy atom. The molecule has 2 amide bonds. The molecule has 132 valence electrons. The molecule has 1 saturated heterocycles. The lowest BCUT2D eigenvalue weighted by Crippen LogP contribution is -2.45. The molecule has 0 spiro atoms. The van der Waals surface area contributed by atoms with Gasteiger partial charge in [0, 0.05) is 24.6 Å². The average Bonchev–Trinajstić information content (AvgIpc) is 2.49. The van der Waals surface area contributed by atoms with E-state index in [-0.39, 0.29) is 24.1 Å². The molecule has 1 heterocycles. The number of carbonyl (C=O) groups excluding carboxylic acids is 2. The summed E-state index contributed by atoms with van der Waals surface area (Å²) >= 11 is 0. The van der Waals surface area contributed by atoms with Gasteiger partial charge >= 0.3 is 6.61 Å². The molecule has 1 fully saturated rings. The summed E-state index contributed by atoms with van der Waals surface area (Å²) < 4.78 is 29.4. The van der Waals surface area contributed by atoms with Gasteiger partial charge in [-0.2, -0.15) is 8.78 Å². The minimum atomic E-state index is -2.91. The van der Waals surface area contributed by atoms with Crippen molar-refractivity contribution in [2.24, 2.45) is 5.73 Å². The van der Waals surface area contributed by atoms with E-state index >= 15 is 0 Å². The minimum absolute atomic E-state index is 0.0916. The molecular formula is C17H22F2N2O3. The molecule has 0 bridgehead atoms. The van der Waals surface area contributed by atoms with E-state index in [0.717, 1.165) is 19.3 Å². The molecule has 0 unspecified atom stereocenters. The topological polar surface area (TPSA) is 72.6 Å². The lowest BCUT2D eigenvalue weighted by Gasteiger charge is -2.35. The quantitative estimate of drug-likeness (QED) is 0.896. The number of primary amides is 1. The second kappa shape index (κ2) is 7.59. The fourth-order valence-electron chi connectivity index (χ4n) is 3.23. The summed E-state index contributed by atoms with van der Waals surface area (Å²) in [5.74, 6) is -0.558. The van der Waals surface area contributed by atoms with Crippen LogP contribution in [0.4, 0.5) is 8.78 Å². The van der Waals surface area contributed by atoms with E-state index < -0.39 is 12.5 Å². The number of piperidine rings is 1. The number of amides is 2. The van der Waals surface area contributed by atoms with Crippen molar-refractivity contribution < 1.29 is 23.1 Å². The predicted octanol–water partition coefficient (Wildman–Crippen LogP) is 2.77. The second-order valence-corrected chi connectivity index (χ2v) is 6.14. The lowest BCUT2D eigenvalue weighted by molar-refractivity contribution is -0.119. The SMILES string of the molecule is Cc1cc(C(=O)N2CCCC[C@@H]2CC(N)=O)cc(C)c1OC(F)F. The largest absolute Gasteiger partial charge is 0.434 e. The van der Waals surface area contributed by atoms with Crippen LogP contribution in [0, 0.1) is 13.8 Å². The van der Waals surface area contributed by atoms with Crippen molar-refractivity contribution in [1.82, 2.24) is 4.90 Å². The van der Waals surface area contributed by atoms with Crippen molar-refractivity contribution in [3.63, 3.8) is 0 Å². The average molecular weight is 340 g/mol.